The van der Waals surface area contributed by atoms with E-state index < -0.39 is 5.25 Å². The number of rotatable bonds is 5. The van der Waals surface area contributed by atoms with Gasteiger partial charge >= 0.3 is 0 Å². The smallest absolute Gasteiger partial charge is 0.277 e. The third-order valence-electron chi connectivity index (χ3n) is 4.89. The molecule has 0 N–H and O–H groups in total. The first-order valence-electron chi connectivity index (χ1n) is 9.59. The number of morpholine rings is 1. The van der Waals surface area contributed by atoms with Gasteiger partial charge in [0.25, 0.3) is 5.22 Å². The zero-order valence-corrected chi connectivity index (χ0v) is 16.8. The number of carbonyl (C=O) groups is 1. The topological polar surface area (TPSA) is 86.9 Å². The molecule has 0 bridgehead atoms. The van der Waals surface area contributed by atoms with E-state index in [2.05, 4.69) is 10.2 Å². The van der Waals surface area contributed by atoms with Crippen molar-refractivity contribution >= 4 is 17.7 Å². The van der Waals surface area contributed by atoms with Crippen molar-refractivity contribution < 1.29 is 23.4 Å². The molecule has 9 heteroatoms. The highest BCUT2D eigenvalue weighted by Crippen LogP contribution is 2.39. The number of hydrogen-bond donors (Lipinski definition) is 0. The monoisotopic (exact) mass is 425 g/mol. The maximum atomic E-state index is 13.2. The van der Waals surface area contributed by atoms with Crippen molar-refractivity contribution in [3.8, 4) is 23.0 Å². The number of ether oxygens (including phenoxy) is 3. The van der Waals surface area contributed by atoms with Crippen molar-refractivity contribution in [2.24, 2.45) is 0 Å². The summed E-state index contributed by atoms with van der Waals surface area (Å²) in [7, 11) is 0. The van der Waals surface area contributed by atoms with Gasteiger partial charge in [-0.15, -0.1) is 10.2 Å². The summed E-state index contributed by atoms with van der Waals surface area (Å²) in [6, 6.07) is 15.1. The number of thioether (sulfide) groups is 1. The van der Waals surface area contributed by atoms with Crippen LogP contribution in [0.2, 0.25) is 0 Å². The Kier molecular flexibility index (Phi) is 5.29. The predicted molar refractivity (Wildman–Crippen MR) is 108 cm³/mol. The molecule has 30 heavy (non-hydrogen) atoms. The molecule has 154 valence electrons. The van der Waals surface area contributed by atoms with Crippen molar-refractivity contribution in [2.75, 3.05) is 33.1 Å². The standard InChI is InChI=1S/C21H19N3O5S/c25-20(24-8-10-26-11-9-24)18(14-4-2-1-3-5-14)30-21-23-22-19(29-21)15-6-7-16-17(12-15)28-13-27-16/h1-7,12,18H,8-11,13H2/t18-/m1/s1. The molecule has 1 saturated heterocycles. The Bertz CT molecular complexity index is 1040. The van der Waals surface area contributed by atoms with E-state index in [1.54, 1.807) is 6.07 Å². The largest absolute Gasteiger partial charge is 0.454 e. The van der Waals surface area contributed by atoms with Gasteiger partial charge in [-0.1, -0.05) is 30.3 Å². The molecule has 0 aliphatic carbocycles. The summed E-state index contributed by atoms with van der Waals surface area (Å²) in [5.74, 6) is 1.71. The third kappa shape index (κ3) is 3.86. The Morgan fingerprint density at radius 1 is 1.00 bits per heavy atom. The van der Waals surface area contributed by atoms with E-state index in [9.17, 15) is 4.79 Å². The van der Waals surface area contributed by atoms with E-state index in [0.29, 0.717) is 48.9 Å². The second kappa shape index (κ2) is 8.37. The Morgan fingerprint density at radius 3 is 2.63 bits per heavy atom. The van der Waals surface area contributed by atoms with Crippen molar-refractivity contribution in [1.29, 1.82) is 0 Å². The lowest BCUT2D eigenvalue weighted by molar-refractivity contribution is -0.134. The first-order chi connectivity index (χ1) is 14.8. The second-order valence-electron chi connectivity index (χ2n) is 6.79. The van der Waals surface area contributed by atoms with E-state index in [-0.39, 0.29) is 12.7 Å². The Morgan fingerprint density at radius 2 is 1.80 bits per heavy atom. The fourth-order valence-electron chi connectivity index (χ4n) is 3.34. The highest BCUT2D eigenvalue weighted by Gasteiger charge is 2.30. The summed E-state index contributed by atoms with van der Waals surface area (Å²) in [4.78, 5) is 15.1. The Labute approximate surface area is 177 Å². The van der Waals surface area contributed by atoms with Crippen LogP contribution < -0.4 is 9.47 Å². The van der Waals surface area contributed by atoms with Crippen molar-refractivity contribution in [3.05, 3.63) is 54.1 Å². The van der Waals surface area contributed by atoms with Gasteiger partial charge in [0, 0.05) is 18.7 Å². The average molecular weight is 425 g/mol. The second-order valence-corrected chi connectivity index (χ2v) is 7.84. The molecule has 1 fully saturated rings. The van der Waals surface area contributed by atoms with Crippen LogP contribution in [-0.4, -0.2) is 54.1 Å². The molecule has 3 aromatic rings. The van der Waals surface area contributed by atoms with Gasteiger partial charge in [0.1, 0.15) is 5.25 Å². The van der Waals surface area contributed by atoms with E-state index in [0.717, 1.165) is 11.1 Å². The van der Waals surface area contributed by atoms with Crippen LogP contribution in [0.25, 0.3) is 11.5 Å². The molecule has 1 aromatic heterocycles. The molecule has 2 aliphatic heterocycles. The van der Waals surface area contributed by atoms with E-state index in [1.165, 1.54) is 11.8 Å². The molecule has 2 aromatic carbocycles. The van der Waals surface area contributed by atoms with E-state index in [4.69, 9.17) is 18.6 Å². The number of nitrogens with zero attached hydrogens (tertiary/aromatic N) is 3. The summed E-state index contributed by atoms with van der Waals surface area (Å²) in [5, 5.41) is 8.16. The summed E-state index contributed by atoms with van der Waals surface area (Å²) in [6.45, 7) is 2.45. The minimum absolute atomic E-state index is 0.0114. The van der Waals surface area contributed by atoms with Crippen LogP contribution >= 0.6 is 11.8 Å². The van der Waals surface area contributed by atoms with Crippen LogP contribution in [0, 0.1) is 0 Å². The maximum absolute atomic E-state index is 13.2. The van der Waals surface area contributed by atoms with E-state index in [1.807, 2.05) is 47.4 Å². The Balaban J connectivity index is 1.39. The molecule has 3 heterocycles. The molecule has 0 unspecified atom stereocenters. The Hall–Kier alpha value is -3.04. The zero-order valence-electron chi connectivity index (χ0n) is 16.0. The van der Waals surface area contributed by atoms with Gasteiger partial charge in [-0.25, -0.2) is 0 Å². The molecule has 2 aliphatic rings. The number of amides is 1. The molecule has 1 amide bonds. The van der Waals surface area contributed by atoms with Gasteiger partial charge < -0.3 is 23.5 Å². The van der Waals surface area contributed by atoms with Gasteiger partial charge in [0.15, 0.2) is 11.5 Å². The minimum atomic E-state index is -0.477. The highest BCUT2D eigenvalue weighted by molar-refractivity contribution is 8.00. The normalized spacial score (nSPS) is 16.5. The van der Waals surface area contributed by atoms with Crippen molar-refractivity contribution in [2.45, 2.75) is 10.5 Å². The lowest BCUT2D eigenvalue weighted by atomic mass is 10.1. The van der Waals surface area contributed by atoms with Crippen LogP contribution in [-0.2, 0) is 9.53 Å². The number of hydrogen-bond acceptors (Lipinski definition) is 8. The third-order valence-corrected chi connectivity index (χ3v) is 5.97. The van der Waals surface area contributed by atoms with Crippen LogP contribution in [0.1, 0.15) is 10.8 Å². The summed E-state index contributed by atoms with van der Waals surface area (Å²) < 4.78 is 22.0. The van der Waals surface area contributed by atoms with E-state index >= 15 is 0 Å². The number of aromatic nitrogens is 2. The van der Waals surface area contributed by atoms with Crippen LogP contribution in [0.4, 0.5) is 0 Å². The van der Waals surface area contributed by atoms with Crippen LogP contribution in [0.15, 0.2) is 58.2 Å². The van der Waals surface area contributed by atoms with Crippen molar-refractivity contribution in [1.82, 2.24) is 15.1 Å². The first-order valence-corrected chi connectivity index (χ1v) is 10.5. The van der Waals surface area contributed by atoms with Gasteiger partial charge in [-0.2, -0.15) is 0 Å². The molecule has 0 saturated carbocycles. The molecule has 1 atom stereocenters. The maximum Gasteiger partial charge on any atom is 0.277 e. The predicted octanol–water partition coefficient (Wildman–Crippen LogP) is 3.16. The zero-order chi connectivity index (χ0) is 20.3. The fourth-order valence-corrected chi connectivity index (χ4v) is 4.30. The van der Waals surface area contributed by atoms with Crippen LogP contribution in [0.5, 0.6) is 11.5 Å². The summed E-state index contributed by atoms with van der Waals surface area (Å²) in [5.41, 5.74) is 1.62. The number of carbonyl (C=O) groups excluding carboxylic acids is 1. The fraction of sp³-hybridized carbons (Fsp3) is 0.286. The van der Waals surface area contributed by atoms with Crippen molar-refractivity contribution in [3.63, 3.8) is 0 Å². The van der Waals surface area contributed by atoms with Gasteiger partial charge in [-0.3, -0.25) is 4.79 Å². The van der Waals surface area contributed by atoms with Gasteiger partial charge in [0.05, 0.1) is 13.2 Å². The molecule has 8 nitrogen and oxygen atoms in total. The first kappa shape index (κ1) is 19.0. The highest BCUT2D eigenvalue weighted by atomic mass is 32.2. The molecule has 0 spiro atoms. The minimum Gasteiger partial charge on any atom is -0.454 e. The summed E-state index contributed by atoms with van der Waals surface area (Å²) >= 11 is 1.26. The van der Waals surface area contributed by atoms with Gasteiger partial charge in [-0.05, 0) is 35.5 Å². The van der Waals surface area contributed by atoms with Gasteiger partial charge in [0.2, 0.25) is 18.6 Å². The lowest BCUT2D eigenvalue weighted by Gasteiger charge is -2.29. The quantitative estimate of drug-likeness (QED) is 0.576. The summed E-state index contributed by atoms with van der Waals surface area (Å²) in [6.07, 6.45) is 0. The molecule has 5 rings (SSSR count). The molecule has 0 radical (unpaired) electrons. The molecular formula is C21H19N3O5S. The number of benzene rings is 2. The SMILES string of the molecule is O=C([C@H](Sc1nnc(-c2ccc3c(c2)OCO3)o1)c1ccccc1)N1CCOCC1. The lowest BCUT2D eigenvalue weighted by Crippen LogP contribution is -2.42. The van der Waals surface area contributed by atoms with Crippen LogP contribution in [0.3, 0.4) is 0 Å². The number of fused-ring (bicyclic) bond motifs is 1. The molecular weight excluding hydrogens is 406 g/mol. The average Bonchev–Trinajstić information content (AvgIpc) is 3.47.